The average molecular weight is 470 g/mol. The Morgan fingerprint density at radius 2 is 1.73 bits per heavy atom. The van der Waals surface area contributed by atoms with Crippen molar-refractivity contribution in [3.8, 4) is 0 Å². The van der Waals surface area contributed by atoms with Crippen LogP contribution in [0.1, 0.15) is 48.5 Å². The molecule has 3 rings (SSSR count). The van der Waals surface area contributed by atoms with Gasteiger partial charge in [0.1, 0.15) is 0 Å². The molecule has 0 aliphatic carbocycles. The maximum absolute atomic E-state index is 13.0. The Hall–Kier alpha value is -2.97. The largest absolute Gasteiger partial charge is 0.349 e. The fraction of sp³-hybridized carbons (Fsp3) is 0.360. The first-order valence-corrected chi connectivity index (χ1v) is 12.6. The number of piperidine rings is 1. The van der Waals surface area contributed by atoms with Crippen molar-refractivity contribution in [2.45, 2.75) is 37.5 Å². The predicted molar refractivity (Wildman–Crippen MR) is 130 cm³/mol. The molecule has 2 aromatic rings. The van der Waals surface area contributed by atoms with Crippen molar-refractivity contribution in [2.24, 2.45) is 5.92 Å². The fourth-order valence-electron chi connectivity index (χ4n) is 3.82. The van der Waals surface area contributed by atoms with Crippen LogP contribution in [0.25, 0.3) is 0 Å². The summed E-state index contributed by atoms with van der Waals surface area (Å²) in [6, 6.07) is 13.8. The molecule has 2 N–H and O–H groups in total. The molecule has 33 heavy (non-hydrogen) atoms. The molecule has 0 unspecified atom stereocenters. The van der Waals surface area contributed by atoms with Crippen LogP contribution >= 0.6 is 0 Å². The van der Waals surface area contributed by atoms with Crippen molar-refractivity contribution in [1.29, 1.82) is 0 Å². The van der Waals surface area contributed by atoms with Gasteiger partial charge in [0.2, 0.25) is 15.9 Å². The first-order chi connectivity index (χ1) is 15.7. The van der Waals surface area contributed by atoms with E-state index >= 15 is 0 Å². The third-order valence-corrected chi connectivity index (χ3v) is 7.76. The highest BCUT2D eigenvalue weighted by Gasteiger charge is 2.32. The van der Waals surface area contributed by atoms with Crippen LogP contribution in [0, 0.1) is 5.92 Å². The molecule has 1 fully saturated rings. The molecular formula is C25H31N3O4S. The van der Waals surface area contributed by atoms with E-state index in [2.05, 4.69) is 31.1 Å². The first kappa shape index (κ1) is 24.7. The second-order valence-electron chi connectivity index (χ2n) is 8.44. The van der Waals surface area contributed by atoms with Crippen LogP contribution in [0.15, 0.2) is 66.1 Å². The van der Waals surface area contributed by atoms with Gasteiger partial charge in [-0.05, 0) is 48.6 Å². The molecular weight excluding hydrogens is 438 g/mol. The first-order valence-electron chi connectivity index (χ1n) is 11.1. The summed E-state index contributed by atoms with van der Waals surface area (Å²) in [5, 5.41) is 5.55. The summed E-state index contributed by atoms with van der Waals surface area (Å²) in [5.74, 6) is -0.509. The summed E-state index contributed by atoms with van der Waals surface area (Å²) in [7, 11) is -3.60. The normalized spacial score (nSPS) is 15.2. The molecule has 1 aliphatic heterocycles. The Labute approximate surface area is 195 Å². The van der Waals surface area contributed by atoms with Gasteiger partial charge in [-0.1, -0.05) is 44.2 Å². The van der Waals surface area contributed by atoms with Crippen LogP contribution in [0.2, 0.25) is 0 Å². The number of carbonyl (C=O) groups excluding carboxylic acids is 2. The van der Waals surface area contributed by atoms with Crippen molar-refractivity contribution >= 4 is 27.5 Å². The molecule has 1 aliphatic rings. The number of nitrogens with zero attached hydrogens (tertiary/aromatic N) is 1. The Morgan fingerprint density at radius 1 is 1.09 bits per heavy atom. The van der Waals surface area contributed by atoms with Crippen LogP contribution in [0.5, 0.6) is 0 Å². The molecule has 2 amide bonds. The van der Waals surface area contributed by atoms with E-state index in [-0.39, 0.29) is 35.7 Å². The lowest BCUT2D eigenvalue weighted by atomic mass is 9.97. The van der Waals surface area contributed by atoms with Gasteiger partial charge in [-0.2, -0.15) is 4.31 Å². The Bertz CT molecular complexity index is 1100. The molecule has 1 saturated heterocycles. The number of carbonyl (C=O) groups is 2. The maximum atomic E-state index is 13.0. The number of rotatable bonds is 8. The van der Waals surface area contributed by atoms with E-state index in [1.54, 1.807) is 42.5 Å². The number of para-hydroxylation sites is 1. The highest BCUT2D eigenvalue weighted by Crippen LogP contribution is 2.26. The molecule has 8 heteroatoms. The summed E-state index contributed by atoms with van der Waals surface area (Å²) < 4.78 is 27.5. The number of anilines is 1. The Balaban J connectivity index is 1.63. The van der Waals surface area contributed by atoms with Gasteiger partial charge in [0.05, 0.1) is 16.1 Å². The van der Waals surface area contributed by atoms with E-state index in [0.29, 0.717) is 36.6 Å². The summed E-state index contributed by atoms with van der Waals surface area (Å²) in [4.78, 5) is 25.5. The van der Waals surface area contributed by atoms with E-state index in [1.807, 2.05) is 12.1 Å². The van der Waals surface area contributed by atoms with E-state index in [4.69, 9.17) is 0 Å². The monoisotopic (exact) mass is 469 g/mol. The van der Waals surface area contributed by atoms with Gasteiger partial charge in [-0.25, -0.2) is 8.42 Å². The molecule has 2 aromatic carbocycles. The lowest BCUT2D eigenvalue weighted by Gasteiger charge is -2.30. The van der Waals surface area contributed by atoms with Gasteiger partial charge in [-0.3, -0.25) is 9.59 Å². The molecule has 0 aromatic heterocycles. The fourth-order valence-corrected chi connectivity index (χ4v) is 5.29. The lowest BCUT2D eigenvalue weighted by Crippen LogP contribution is -2.41. The number of hydrogen-bond acceptors (Lipinski definition) is 4. The number of benzene rings is 2. The minimum atomic E-state index is -3.60. The standard InChI is InChI=1S/C25H31N3O4S/c1-4-15-26-25(30)22-7-5-6-8-23(22)27-24(29)20-13-16-28(17-14-20)33(31,32)21-11-9-19(10-12-21)18(2)3/h4-12,18,20H,1,13-17H2,2-3H3,(H,26,30)(H,27,29). The zero-order valence-corrected chi connectivity index (χ0v) is 19.9. The van der Waals surface area contributed by atoms with Crippen LogP contribution in [0.3, 0.4) is 0 Å². The van der Waals surface area contributed by atoms with Gasteiger partial charge >= 0.3 is 0 Å². The summed E-state index contributed by atoms with van der Waals surface area (Å²) in [6.07, 6.45) is 2.42. The smallest absolute Gasteiger partial charge is 0.253 e. The van der Waals surface area contributed by atoms with Crippen molar-refractivity contribution in [3.63, 3.8) is 0 Å². The van der Waals surface area contributed by atoms with E-state index in [0.717, 1.165) is 5.56 Å². The second kappa shape index (κ2) is 10.8. The minimum absolute atomic E-state index is 0.211. The molecule has 7 nitrogen and oxygen atoms in total. The van der Waals surface area contributed by atoms with Gasteiger partial charge in [0, 0.05) is 25.6 Å². The predicted octanol–water partition coefficient (Wildman–Crippen LogP) is 3.77. The number of hydrogen-bond donors (Lipinski definition) is 2. The van der Waals surface area contributed by atoms with Gasteiger partial charge in [0.25, 0.3) is 5.91 Å². The molecule has 0 radical (unpaired) electrons. The SMILES string of the molecule is C=CCNC(=O)c1ccccc1NC(=O)C1CCN(S(=O)(=O)c2ccc(C(C)C)cc2)CC1. The molecule has 0 saturated carbocycles. The van der Waals surface area contributed by atoms with E-state index in [9.17, 15) is 18.0 Å². The van der Waals surface area contributed by atoms with Crippen molar-refractivity contribution < 1.29 is 18.0 Å². The van der Waals surface area contributed by atoms with Crippen molar-refractivity contribution in [3.05, 3.63) is 72.3 Å². The minimum Gasteiger partial charge on any atom is -0.349 e. The molecule has 0 atom stereocenters. The van der Waals surface area contributed by atoms with Crippen LogP contribution in [-0.2, 0) is 14.8 Å². The Morgan fingerprint density at radius 3 is 2.33 bits per heavy atom. The zero-order valence-electron chi connectivity index (χ0n) is 19.1. The quantitative estimate of drug-likeness (QED) is 0.576. The Kier molecular flexibility index (Phi) is 8.05. The lowest BCUT2D eigenvalue weighted by molar-refractivity contribution is -0.120. The van der Waals surface area contributed by atoms with Gasteiger partial charge < -0.3 is 10.6 Å². The zero-order chi connectivity index (χ0) is 24.0. The van der Waals surface area contributed by atoms with Gasteiger partial charge in [-0.15, -0.1) is 6.58 Å². The van der Waals surface area contributed by atoms with E-state index in [1.165, 1.54) is 4.31 Å². The molecule has 0 bridgehead atoms. The topological polar surface area (TPSA) is 95.6 Å². The third-order valence-electron chi connectivity index (χ3n) is 5.85. The molecule has 1 heterocycles. The van der Waals surface area contributed by atoms with Gasteiger partial charge in [0.15, 0.2) is 0 Å². The van der Waals surface area contributed by atoms with Crippen LogP contribution in [-0.4, -0.2) is 44.2 Å². The molecule has 0 spiro atoms. The maximum Gasteiger partial charge on any atom is 0.253 e. The highest BCUT2D eigenvalue weighted by molar-refractivity contribution is 7.89. The summed E-state index contributed by atoms with van der Waals surface area (Å²) in [5.41, 5.74) is 1.89. The van der Waals surface area contributed by atoms with Crippen molar-refractivity contribution in [1.82, 2.24) is 9.62 Å². The van der Waals surface area contributed by atoms with E-state index < -0.39 is 10.0 Å². The number of sulfonamides is 1. The summed E-state index contributed by atoms with van der Waals surface area (Å²) >= 11 is 0. The summed E-state index contributed by atoms with van der Waals surface area (Å²) in [6.45, 7) is 8.57. The third kappa shape index (κ3) is 5.89. The van der Waals surface area contributed by atoms with Crippen LogP contribution < -0.4 is 10.6 Å². The molecule has 176 valence electrons. The highest BCUT2D eigenvalue weighted by atomic mass is 32.2. The second-order valence-corrected chi connectivity index (χ2v) is 10.4. The van der Waals surface area contributed by atoms with Crippen LogP contribution in [0.4, 0.5) is 5.69 Å². The number of amides is 2. The number of nitrogens with one attached hydrogen (secondary N) is 2. The average Bonchev–Trinajstić information content (AvgIpc) is 2.83. The van der Waals surface area contributed by atoms with Crippen molar-refractivity contribution in [2.75, 3.05) is 25.0 Å².